The number of methoxy groups -OCH3 is 1. The summed E-state index contributed by atoms with van der Waals surface area (Å²) in [5.74, 6) is 1.20. The van der Waals surface area contributed by atoms with Crippen LogP contribution < -0.4 is 10.1 Å². The average molecular weight is 438 g/mol. The number of para-hydroxylation sites is 2. The number of carbonyl (C=O) groups is 1. The Hall–Kier alpha value is -3.79. The lowest BCUT2D eigenvalue weighted by atomic mass is 10.2. The number of rotatable bonds is 8. The molecule has 0 aliphatic carbocycles. The zero-order chi connectivity index (χ0) is 21.8. The lowest BCUT2D eigenvalue weighted by Crippen LogP contribution is -2.24. The highest BCUT2D eigenvalue weighted by molar-refractivity contribution is 7.99. The van der Waals surface area contributed by atoms with Crippen molar-refractivity contribution >= 4 is 34.4 Å². The molecule has 2 heterocycles. The molecule has 0 aliphatic heterocycles. The van der Waals surface area contributed by atoms with E-state index < -0.39 is 4.92 Å². The fraction of sp³-hybridized carbons (Fsp3) is 0.143. The second-order valence-corrected chi connectivity index (χ2v) is 7.42. The van der Waals surface area contributed by atoms with E-state index in [0.717, 1.165) is 5.69 Å². The molecule has 0 fully saturated rings. The quantitative estimate of drug-likeness (QED) is 0.252. The van der Waals surface area contributed by atoms with Gasteiger partial charge in [0.25, 0.3) is 5.69 Å². The van der Waals surface area contributed by atoms with Crippen LogP contribution >= 0.6 is 11.8 Å². The van der Waals surface area contributed by atoms with Gasteiger partial charge in [-0.2, -0.15) is 0 Å². The number of furan rings is 1. The lowest BCUT2D eigenvalue weighted by molar-refractivity contribution is -0.384. The summed E-state index contributed by atoms with van der Waals surface area (Å²) in [5.41, 5.74) is 1.80. The molecule has 158 valence electrons. The van der Waals surface area contributed by atoms with Crippen molar-refractivity contribution in [1.82, 2.24) is 14.9 Å². The van der Waals surface area contributed by atoms with Crippen LogP contribution in [0.5, 0.6) is 5.75 Å². The minimum atomic E-state index is -0.462. The van der Waals surface area contributed by atoms with Gasteiger partial charge in [0, 0.05) is 12.1 Å². The molecule has 4 aromatic rings. The fourth-order valence-electron chi connectivity index (χ4n) is 3.08. The van der Waals surface area contributed by atoms with Gasteiger partial charge < -0.3 is 14.5 Å². The van der Waals surface area contributed by atoms with E-state index >= 15 is 0 Å². The Morgan fingerprint density at radius 3 is 2.84 bits per heavy atom. The summed E-state index contributed by atoms with van der Waals surface area (Å²) in [5, 5.41) is 14.5. The molecule has 10 heteroatoms. The Morgan fingerprint density at radius 1 is 1.26 bits per heavy atom. The van der Waals surface area contributed by atoms with Crippen LogP contribution in [-0.2, 0) is 11.3 Å². The fourth-order valence-corrected chi connectivity index (χ4v) is 3.94. The molecule has 0 unspecified atom stereocenters. The van der Waals surface area contributed by atoms with Gasteiger partial charge in [-0.25, -0.2) is 4.98 Å². The molecular weight excluding hydrogens is 420 g/mol. The molecule has 0 aliphatic rings. The number of imidazole rings is 1. The number of thioether (sulfide) groups is 1. The molecule has 0 bridgehead atoms. The number of nitrogens with one attached hydrogen (secondary N) is 1. The Bertz CT molecular complexity index is 1240. The number of fused-ring (bicyclic) bond motifs is 1. The van der Waals surface area contributed by atoms with Crippen molar-refractivity contribution in [3.63, 3.8) is 0 Å². The molecule has 0 atom stereocenters. The summed E-state index contributed by atoms with van der Waals surface area (Å²) in [4.78, 5) is 27.6. The van der Waals surface area contributed by atoms with Crippen LogP contribution in [-0.4, -0.2) is 33.2 Å². The summed E-state index contributed by atoms with van der Waals surface area (Å²) in [7, 11) is 1.57. The molecule has 4 rings (SSSR count). The number of carbonyl (C=O) groups excluding carboxylic acids is 1. The Balaban J connectivity index is 1.66. The highest BCUT2D eigenvalue weighted by Crippen LogP contribution is 2.33. The third-order valence-corrected chi connectivity index (χ3v) is 5.46. The van der Waals surface area contributed by atoms with Crippen LogP contribution in [0.25, 0.3) is 16.7 Å². The Labute approximate surface area is 181 Å². The van der Waals surface area contributed by atoms with Crippen molar-refractivity contribution < 1.29 is 18.9 Å². The van der Waals surface area contributed by atoms with E-state index in [-0.39, 0.29) is 17.3 Å². The number of ether oxygens (including phenoxy) is 1. The monoisotopic (exact) mass is 438 g/mol. The standard InChI is InChI=1S/C21H18N4O5S/c1-29-19-7-3-2-6-18(19)24-17-9-8-14(25(27)28)11-16(17)23-21(24)31-13-20(26)22-12-15-5-4-10-30-15/h2-11H,12-13H2,1H3,(H,22,26). The predicted molar refractivity (Wildman–Crippen MR) is 116 cm³/mol. The highest BCUT2D eigenvalue weighted by atomic mass is 32.2. The zero-order valence-electron chi connectivity index (χ0n) is 16.5. The van der Waals surface area contributed by atoms with Crippen LogP contribution in [0.1, 0.15) is 5.76 Å². The van der Waals surface area contributed by atoms with Gasteiger partial charge in [-0.1, -0.05) is 23.9 Å². The maximum atomic E-state index is 12.3. The largest absolute Gasteiger partial charge is 0.495 e. The van der Waals surface area contributed by atoms with Gasteiger partial charge in [-0.15, -0.1) is 0 Å². The number of nitro benzene ring substituents is 1. The first kappa shape index (κ1) is 20.5. The zero-order valence-corrected chi connectivity index (χ0v) is 17.3. The van der Waals surface area contributed by atoms with Gasteiger partial charge in [0.05, 0.1) is 47.3 Å². The number of nitro groups is 1. The van der Waals surface area contributed by atoms with Gasteiger partial charge in [0.2, 0.25) is 5.91 Å². The van der Waals surface area contributed by atoms with Crippen molar-refractivity contribution in [3.8, 4) is 11.4 Å². The van der Waals surface area contributed by atoms with Gasteiger partial charge in [-0.3, -0.25) is 19.5 Å². The number of benzene rings is 2. The minimum Gasteiger partial charge on any atom is -0.495 e. The maximum Gasteiger partial charge on any atom is 0.271 e. The van der Waals surface area contributed by atoms with Crippen molar-refractivity contribution in [1.29, 1.82) is 0 Å². The second-order valence-electron chi connectivity index (χ2n) is 6.48. The molecule has 9 nitrogen and oxygen atoms in total. The van der Waals surface area contributed by atoms with E-state index in [1.165, 1.54) is 23.9 Å². The van der Waals surface area contributed by atoms with Gasteiger partial charge >= 0.3 is 0 Å². The molecule has 31 heavy (non-hydrogen) atoms. The number of aromatic nitrogens is 2. The van der Waals surface area contributed by atoms with E-state index in [1.807, 2.05) is 28.8 Å². The van der Waals surface area contributed by atoms with Gasteiger partial charge in [-0.05, 0) is 30.3 Å². The highest BCUT2D eigenvalue weighted by Gasteiger charge is 2.19. The molecular formula is C21H18N4O5S. The first-order valence-electron chi connectivity index (χ1n) is 9.29. The van der Waals surface area contributed by atoms with E-state index in [9.17, 15) is 14.9 Å². The summed E-state index contributed by atoms with van der Waals surface area (Å²) >= 11 is 1.23. The summed E-state index contributed by atoms with van der Waals surface area (Å²) in [6.45, 7) is 0.293. The molecule has 2 aromatic heterocycles. The van der Waals surface area contributed by atoms with Crippen molar-refractivity contribution in [3.05, 3.63) is 76.7 Å². The minimum absolute atomic E-state index is 0.0510. The van der Waals surface area contributed by atoms with E-state index in [1.54, 1.807) is 31.6 Å². The number of nitrogens with zero attached hydrogens (tertiary/aromatic N) is 3. The van der Waals surface area contributed by atoms with Crippen LogP contribution in [0.2, 0.25) is 0 Å². The third kappa shape index (κ3) is 4.38. The van der Waals surface area contributed by atoms with E-state index in [0.29, 0.717) is 34.2 Å². The first-order valence-corrected chi connectivity index (χ1v) is 10.3. The van der Waals surface area contributed by atoms with Gasteiger partial charge in [0.1, 0.15) is 11.5 Å². The Morgan fingerprint density at radius 2 is 2.10 bits per heavy atom. The van der Waals surface area contributed by atoms with Crippen molar-refractivity contribution in [2.24, 2.45) is 0 Å². The molecule has 0 spiro atoms. The summed E-state index contributed by atoms with van der Waals surface area (Å²) in [6, 6.07) is 15.4. The van der Waals surface area contributed by atoms with Crippen molar-refractivity contribution in [2.75, 3.05) is 12.9 Å². The van der Waals surface area contributed by atoms with E-state index in [2.05, 4.69) is 10.3 Å². The molecule has 1 N–H and O–H groups in total. The molecule has 2 aromatic carbocycles. The van der Waals surface area contributed by atoms with Crippen LogP contribution in [0.3, 0.4) is 0 Å². The SMILES string of the molecule is COc1ccccc1-n1c(SCC(=O)NCc2ccco2)nc2cc([N+](=O)[O-])ccc21. The maximum absolute atomic E-state index is 12.3. The predicted octanol–water partition coefficient (Wildman–Crippen LogP) is 3.94. The number of amides is 1. The normalized spacial score (nSPS) is 10.9. The van der Waals surface area contributed by atoms with Crippen LogP contribution in [0, 0.1) is 10.1 Å². The third-order valence-electron chi connectivity index (χ3n) is 4.52. The average Bonchev–Trinajstić information content (AvgIpc) is 3.43. The molecule has 0 radical (unpaired) electrons. The Kier molecular flexibility index (Phi) is 5.89. The summed E-state index contributed by atoms with van der Waals surface area (Å²) in [6.07, 6.45) is 1.55. The number of hydrogen-bond donors (Lipinski definition) is 1. The van der Waals surface area contributed by atoms with Gasteiger partial charge in [0.15, 0.2) is 5.16 Å². The van der Waals surface area contributed by atoms with Crippen LogP contribution in [0.4, 0.5) is 5.69 Å². The topological polar surface area (TPSA) is 112 Å². The second kappa shape index (κ2) is 8.92. The molecule has 0 saturated carbocycles. The smallest absolute Gasteiger partial charge is 0.271 e. The summed E-state index contributed by atoms with van der Waals surface area (Å²) < 4.78 is 12.5. The number of hydrogen-bond acceptors (Lipinski definition) is 7. The first-order chi connectivity index (χ1) is 15.1. The molecule has 0 saturated heterocycles. The molecule has 1 amide bonds. The van der Waals surface area contributed by atoms with Crippen LogP contribution in [0.15, 0.2) is 70.4 Å². The lowest BCUT2D eigenvalue weighted by Gasteiger charge is -2.13. The van der Waals surface area contributed by atoms with E-state index in [4.69, 9.17) is 9.15 Å². The number of non-ortho nitro benzene ring substituents is 1. The van der Waals surface area contributed by atoms with Crippen molar-refractivity contribution in [2.45, 2.75) is 11.7 Å².